The van der Waals surface area contributed by atoms with Gasteiger partial charge in [0, 0.05) is 0 Å². The van der Waals surface area contributed by atoms with Crippen molar-refractivity contribution in [3.05, 3.63) is 0 Å². The average molecular weight is 179 g/mol. The fraction of sp³-hybridized carbons (Fsp3) is 1.00. The van der Waals surface area contributed by atoms with Gasteiger partial charge in [0.2, 0.25) is 0 Å². The summed E-state index contributed by atoms with van der Waals surface area (Å²) >= 11 is 0. The van der Waals surface area contributed by atoms with E-state index in [1.165, 1.54) is 0 Å². The first kappa shape index (κ1) is 9.85. The molecule has 0 aliphatic carbocycles. The first-order chi connectivity index (χ1) is 5.57. The Hall–Kier alpha value is -0.240. The highest BCUT2D eigenvalue weighted by Gasteiger charge is 2.43. The van der Waals surface area contributed by atoms with E-state index in [0.717, 1.165) is 0 Å². The number of hydrogen-bond donors (Lipinski definition) is 5. The highest BCUT2D eigenvalue weighted by Crippen LogP contribution is 2.20. The van der Waals surface area contributed by atoms with Gasteiger partial charge < -0.3 is 30.9 Å². The SMILES string of the molecule is N[C@H]1[C@@H](O)[C@H](O)O[C@@H]1[C@H](O)CO. The average Bonchev–Trinajstić information content (AvgIpc) is 2.32. The van der Waals surface area contributed by atoms with Gasteiger partial charge in [0.05, 0.1) is 12.6 Å². The molecule has 0 radical (unpaired) electrons. The van der Waals surface area contributed by atoms with Crippen LogP contribution in [0.4, 0.5) is 0 Å². The second-order valence-electron chi connectivity index (χ2n) is 2.81. The number of nitrogens with two attached hydrogens (primary N) is 1. The summed E-state index contributed by atoms with van der Waals surface area (Å²) in [5, 5.41) is 35.6. The summed E-state index contributed by atoms with van der Waals surface area (Å²) < 4.78 is 4.71. The molecule has 1 fully saturated rings. The second kappa shape index (κ2) is 3.65. The smallest absolute Gasteiger partial charge is 0.182 e. The lowest BCUT2D eigenvalue weighted by atomic mass is 10.0. The van der Waals surface area contributed by atoms with Crippen LogP contribution in [0.5, 0.6) is 0 Å². The van der Waals surface area contributed by atoms with E-state index in [2.05, 4.69) is 0 Å². The lowest BCUT2D eigenvalue weighted by Crippen LogP contribution is -2.46. The largest absolute Gasteiger partial charge is 0.394 e. The van der Waals surface area contributed by atoms with Gasteiger partial charge in [-0.3, -0.25) is 0 Å². The van der Waals surface area contributed by atoms with Gasteiger partial charge in [-0.05, 0) is 0 Å². The summed E-state index contributed by atoms with van der Waals surface area (Å²) in [7, 11) is 0. The zero-order valence-electron chi connectivity index (χ0n) is 6.37. The normalized spacial score (nSPS) is 44.8. The molecule has 6 N–H and O–H groups in total. The number of hydrogen-bond acceptors (Lipinski definition) is 6. The summed E-state index contributed by atoms with van der Waals surface area (Å²) in [5.41, 5.74) is 5.38. The molecular formula is C6H13NO5. The van der Waals surface area contributed by atoms with E-state index in [0.29, 0.717) is 0 Å². The van der Waals surface area contributed by atoms with Crippen LogP contribution in [0.3, 0.4) is 0 Å². The molecule has 12 heavy (non-hydrogen) atoms. The third kappa shape index (κ3) is 1.58. The number of aliphatic hydroxyl groups is 4. The van der Waals surface area contributed by atoms with Crippen LogP contribution in [0.2, 0.25) is 0 Å². The molecule has 1 rings (SSSR count). The molecule has 0 spiro atoms. The number of rotatable bonds is 2. The van der Waals surface area contributed by atoms with Crippen molar-refractivity contribution in [1.29, 1.82) is 0 Å². The Bertz CT molecular complexity index is 155. The minimum Gasteiger partial charge on any atom is -0.394 e. The number of aliphatic hydroxyl groups excluding tert-OH is 4. The van der Waals surface area contributed by atoms with Crippen LogP contribution in [0, 0.1) is 0 Å². The van der Waals surface area contributed by atoms with E-state index in [9.17, 15) is 0 Å². The van der Waals surface area contributed by atoms with E-state index in [-0.39, 0.29) is 0 Å². The molecule has 0 unspecified atom stereocenters. The Morgan fingerprint density at radius 3 is 2.33 bits per heavy atom. The molecule has 0 bridgehead atoms. The Morgan fingerprint density at radius 1 is 1.42 bits per heavy atom. The molecule has 5 atom stereocenters. The van der Waals surface area contributed by atoms with Crippen LogP contribution in [0.15, 0.2) is 0 Å². The van der Waals surface area contributed by atoms with Gasteiger partial charge in [0.15, 0.2) is 6.29 Å². The maximum atomic E-state index is 9.09. The predicted octanol–water partition coefficient (Wildman–Crippen LogP) is -3.26. The Labute approximate surface area is 69.2 Å². The Morgan fingerprint density at radius 2 is 2.00 bits per heavy atom. The quantitative estimate of drug-likeness (QED) is 0.304. The van der Waals surface area contributed by atoms with Crippen molar-refractivity contribution in [1.82, 2.24) is 0 Å². The first-order valence-electron chi connectivity index (χ1n) is 3.64. The maximum Gasteiger partial charge on any atom is 0.182 e. The molecule has 1 aliphatic heterocycles. The van der Waals surface area contributed by atoms with Gasteiger partial charge in [-0.1, -0.05) is 0 Å². The van der Waals surface area contributed by atoms with Gasteiger partial charge >= 0.3 is 0 Å². The highest BCUT2D eigenvalue weighted by molar-refractivity contribution is 4.92. The van der Waals surface area contributed by atoms with Crippen molar-refractivity contribution in [2.75, 3.05) is 6.61 Å². The maximum absolute atomic E-state index is 9.09. The van der Waals surface area contributed by atoms with Gasteiger partial charge in [-0.15, -0.1) is 0 Å². The van der Waals surface area contributed by atoms with Crippen LogP contribution in [-0.2, 0) is 4.74 Å². The molecule has 1 aliphatic rings. The minimum atomic E-state index is -1.38. The molecule has 6 heteroatoms. The molecule has 0 aromatic rings. The van der Waals surface area contributed by atoms with Crippen molar-refractivity contribution in [2.45, 2.75) is 30.6 Å². The topological polar surface area (TPSA) is 116 Å². The standard InChI is InChI=1S/C6H13NO5/c7-3-4(10)6(11)12-5(3)2(9)1-8/h2-6,8-11H,1,7H2/t2-,3+,4-,5-,6-/m1/s1. The van der Waals surface area contributed by atoms with Gasteiger partial charge in [0.25, 0.3) is 0 Å². The van der Waals surface area contributed by atoms with E-state index in [1.54, 1.807) is 0 Å². The van der Waals surface area contributed by atoms with Gasteiger partial charge in [-0.2, -0.15) is 0 Å². The van der Waals surface area contributed by atoms with Crippen molar-refractivity contribution < 1.29 is 25.2 Å². The zero-order chi connectivity index (χ0) is 9.30. The van der Waals surface area contributed by atoms with Crippen molar-refractivity contribution >= 4 is 0 Å². The second-order valence-corrected chi connectivity index (χ2v) is 2.81. The first-order valence-corrected chi connectivity index (χ1v) is 3.64. The van der Waals surface area contributed by atoms with Crippen LogP contribution in [-0.4, -0.2) is 57.7 Å². The summed E-state index contributed by atoms with van der Waals surface area (Å²) in [5.74, 6) is 0. The molecule has 1 heterocycles. The summed E-state index contributed by atoms with van der Waals surface area (Å²) in [6.45, 7) is -0.516. The lowest BCUT2D eigenvalue weighted by Gasteiger charge is -2.19. The van der Waals surface area contributed by atoms with Crippen LogP contribution in [0.1, 0.15) is 0 Å². The minimum absolute atomic E-state index is 0.516. The van der Waals surface area contributed by atoms with Crippen molar-refractivity contribution in [2.24, 2.45) is 5.73 Å². The van der Waals surface area contributed by atoms with Crippen LogP contribution >= 0.6 is 0 Å². The molecule has 0 amide bonds. The van der Waals surface area contributed by atoms with E-state index in [1.807, 2.05) is 0 Å². The van der Waals surface area contributed by atoms with Gasteiger partial charge in [0.1, 0.15) is 18.3 Å². The van der Waals surface area contributed by atoms with E-state index in [4.69, 9.17) is 30.9 Å². The molecule has 0 aromatic heterocycles. The van der Waals surface area contributed by atoms with Crippen molar-refractivity contribution in [3.8, 4) is 0 Å². The third-order valence-corrected chi connectivity index (χ3v) is 1.93. The fourth-order valence-electron chi connectivity index (χ4n) is 1.17. The third-order valence-electron chi connectivity index (χ3n) is 1.93. The monoisotopic (exact) mass is 179 g/mol. The summed E-state index contributed by atoms with van der Waals surface area (Å²) in [6.07, 6.45) is -4.69. The van der Waals surface area contributed by atoms with Crippen molar-refractivity contribution in [3.63, 3.8) is 0 Å². The predicted molar refractivity (Wildman–Crippen MR) is 38.0 cm³/mol. The molecule has 1 saturated heterocycles. The van der Waals surface area contributed by atoms with Crippen LogP contribution < -0.4 is 5.73 Å². The number of ether oxygens (including phenoxy) is 1. The van der Waals surface area contributed by atoms with E-state index < -0.39 is 37.3 Å². The lowest BCUT2D eigenvalue weighted by molar-refractivity contribution is -0.149. The van der Waals surface area contributed by atoms with Crippen LogP contribution in [0.25, 0.3) is 0 Å². The molecule has 6 nitrogen and oxygen atoms in total. The molecule has 72 valence electrons. The Kier molecular flexibility index (Phi) is 2.99. The van der Waals surface area contributed by atoms with E-state index >= 15 is 0 Å². The highest BCUT2D eigenvalue weighted by atomic mass is 16.6. The summed E-state index contributed by atoms with van der Waals surface area (Å²) in [6, 6.07) is -0.873. The molecule has 0 saturated carbocycles. The Balaban J connectivity index is 2.58. The summed E-state index contributed by atoms with van der Waals surface area (Å²) in [4.78, 5) is 0. The molecule has 0 aromatic carbocycles. The zero-order valence-corrected chi connectivity index (χ0v) is 6.37. The fourth-order valence-corrected chi connectivity index (χ4v) is 1.17. The molecular weight excluding hydrogens is 166 g/mol. The van der Waals surface area contributed by atoms with Gasteiger partial charge in [-0.25, -0.2) is 0 Å².